The first-order valence-corrected chi connectivity index (χ1v) is 11.5. The molecule has 148 valence electrons. The summed E-state index contributed by atoms with van der Waals surface area (Å²) in [6.45, 7) is 10.7. The molecule has 27 heavy (non-hydrogen) atoms. The summed E-state index contributed by atoms with van der Waals surface area (Å²) >= 11 is 2.98. The molecule has 0 aromatic carbocycles. The first kappa shape index (κ1) is 20.4. The maximum Gasteiger partial charge on any atom is 0.263 e. The smallest absolute Gasteiger partial charge is 0.263 e. The molecule has 1 unspecified atom stereocenters. The van der Waals surface area contributed by atoms with Crippen LogP contribution in [0.5, 0.6) is 0 Å². The third kappa shape index (κ3) is 4.24. The molecule has 0 spiro atoms. The highest BCUT2D eigenvalue weighted by atomic mass is 32.2. The molecule has 0 saturated heterocycles. The molecule has 2 aromatic heterocycles. The fourth-order valence-corrected chi connectivity index (χ4v) is 5.59. The van der Waals surface area contributed by atoms with Crippen molar-refractivity contribution in [1.82, 2.24) is 14.9 Å². The average Bonchev–Trinajstić information content (AvgIpc) is 3.21. The second-order valence-electron chi connectivity index (χ2n) is 7.87. The maximum atomic E-state index is 13.4. The molecule has 2 aromatic rings. The number of aromatic nitrogens is 2. The minimum Gasteiger partial charge on any atom is -0.355 e. The Labute approximate surface area is 169 Å². The largest absolute Gasteiger partial charge is 0.355 e. The topological polar surface area (TPSA) is 64.0 Å². The third-order valence-corrected chi connectivity index (χ3v) is 7.40. The molecule has 0 aliphatic heterocycles. The molecule has 1 N–H and O–H groups in total. The first-order valence-electron chi connectivity index (χ1n) is 9.76. The second-order valence-corrected chi connectivity index (χ2v) is 10.4. The molecule has 5 nitrogen and oxygen atoms in total. The Morgan fingerprint density at radius 2 is 1.96 bits per heavy atom. The number of carbonyl (C=O) groups excluding carboxylic acids is 1. The molecule has 2 heterocycles. The van der Waals surface area contributed by atoms with E-state index in [2.05, 4.69) is 19.2 Å². The highest BCUT2D eigenvalue weighted by Gasteiger charge is 2.27. The molecular formula is C20H29N3O2S2. The summed E-state index contributed by atoms with van der Waals surface area (Å²) in [5.41, 5.74) is 1.10. The quantitative estimate of drug-likeness (QED) is 0.568. The summed E-state index contributed by atoms with van der Waals surface area (Å²) in [5, 5.41) is 4.14. The van der Waals surface area contributed by atoms with Crippen molar-refractivity contribution >= 4 is 39.2 Å². The van der Waals surface area contributed by atoms with Crippen molar-refractivity contribution in [3.63, 3.8) is 0 Å². The zero-order chi connectivity index (χ0) is 19.7. The molecular weight excluding hydrogens is 378 g/mol. The number of thiophene rings is 1. The molecule has 1 aliphatic rings. The predicted molar refractivity (Wildman–Crippen MR) is 114 cm³/mol. The Kier molecular flexibility index (Phi) is 6.31. The number of nitrogens with zero attached hydrogens (tertiary/aromatic N) is 2. The summed E-state index contributed by atoms with van der Waals surface area (Å²) in [6.07, 6.45) is 4.31. The monoisotopic (exact) mass is 407 g/mol. The maximum absolute atomic E-state index is 13.4. The lowest BCUT2D eigenvalue weighted by atomic mass is 10.2. The zero-order valence-corrected chi connectivity index (χ0v) is 18.4. The van der Waals surface area contributed by atoms with E-state index in [1.165, 1.54) is 11.8 Å². The molecule has 1 atom stereocenters. The molecule has 3 rings (SSSR count). The standard InChI is InChI=1S/C20H29N3O2S2/c1-11(2)10-21-17(24)14(5)27-20-22-18-16(12(3)13(4)26-18)19(25)23(20)15-8-6-7-9-15/h11,14-15H,6-10H2,1-5H3,(H,21,24). The number of aryl methyl sites for hydroxylation is 2. The van der Waals surface area contributed by atoms with Crippen molar-refractivity contribution in [2.24, 2.45) is 5.92 Å². The SMILES string of the molecule is Cc1sc2nc(SC(C)C(=O)NCC(C)C)n(C3CCCC3)c(=O)c2c1C. The van der Waals surface area contributed by atoms with Crippen LogP contribution in [0.3, 0.4) is 0 Å². The summed E-state index contributed by atoms with van der Waals surface area (Å²) in [6, 6.07) is 0.197. The van der Waals surface area contributed by atoms with Crippen LogP contribution in [0.2, 0.25) is 0 Å². The van der Waals surface area contributed by atoms with Crippen molar-refractivity contribution in [2.45, 2.75) is 76.8 Å². The van der Waals surface area contributed by atoms with E-state index < -0.39 is 0 Å². The molecule has 0 bridgehead atoms. The van der Waals surface area contributed by atoms with Crippen LogP contribution in [-0.2, 0) is 4.79 Å². The molecule has 1 fully saturated rings. The summed E-state index contributed by atoms with van der Waals surface area (Å²) < 4.78 is 1.88. The van der Waals surface area contributed by atoms with Crippen molar-refractivity contribution in [2.75, 3.05) is 6.54 Å². The van der Waals surface area contributed by atoms with Gasteiger partial charge < -0.3 is 5.32 Å². The van der Waals surface area contributed by atoms with Gasteiger partial charge in [0.15, 0.2) is 5.16 Å². The number of hydrogen-bond acceptors (Lipinski definition) is 5. The van der Waals surface area contributed by atoms with E-state index in [-0.39, 0.29) is 22.8 Å². The average molecular weight is 408 g/mol. The first-order chi connectivity index (χ1) is 12.8. The van der Waals surface area contributed by atoms with E-state index in [4.69, 9.17) is 4.98 Å². The molecule has 1 saturated carbocycles. The molecule has 1 aliphatic carbocycles. The van der Waals surface area contributed by atoms with Gasteiger partial charge in [0.1, 0.15) is 4.83 Å². The van der Waals surface area contributed by atoms with E-state index in [9.17, 15) is 9.59 Å². The van der Waals surface area contributed by atoms with Gasteiger partial charge in [-0.15, -0.1) is 11.3 Å². The number of fused-ring (bicyclic) bond motifs is 1. The Bertz CT molecular complexity index is 895. The third-order valence-electron chi connectivity index (χ3n) is 5.23. The van der Waals surface area contributed by atoms with E-state index in [0.717, 1.165) is 46.3 Å². The van der Waals surface area contributed by atoms with Crippen LogP contribution in [0, 0.1) is 19.8 Å². The van der Waals surface area contributed by atoms with Crippen LogP contribution in [0.25, 0.3) is 10.2 Å². The summed E-state index contributed by atoms with van der Waals surface area (Å²) in [4.78, 5) is 32.6. The highest BCUT2D eigenvalue weighted by molar-refractivity contribution is 8.00. The number of hydrogen-bond donors (Lipinski definition) is 1. The van der Waals surface area contributed by atoms with Crippen LogP contribution >= 0.6 is 23.1 Å². The fraction of sp³-hybridized carbons (Fsp3) is 0.650. The van der Waals surface area contributed by atoms with Crippen molar-refractivity contribution < 1.29 is 4.79 Å². The van der Waals surface area contributed by atoms with Gasteiger partial charge in [0.25, 0.3) is 5.56 Å². The van der Waals surface area contributed by atoms with Crippen molar-refractivity contribution in [3.8, 4) is 0 Å². The van der Waals surface area contributed by atoms with E-state index >= 15 is 0 Å². The van der Waals surface area contributed by atoms with E-state index in [0.29, 0.717) is 17.6 Å². The Morgan fingerprint density at radius 1 is 1.30 bits per heavy atom. The van der Waals surface area contributed by atoms with E-state index in [1.807, 2.05) is 25.3 Å². The minimum absolute atomic E-state index is 0.000409. The Hall–Kier alpha value is -1.34. The van der Waals surface area contributed by atoms with Gasteiger partial charge in [-0.1, -0.05) is 38.5 Å². The number of rotatable bonds is 6. The molecule has 1 amide bonds. The van der Waals surface area contributed by atoms with E-state index in [1.54, 1.807) is 11.3 Å². The fourth-order valence-electron chi connectivity index (χ4n) is 3.52. The lowest BCUT2D eigenvalue weighted by molar-refractivity contribution is -0.120. The van der Waals surface area contributed by atoms with Gasteiger partial charge in [-0.2, -0.15) is 0 Å². The number of nitrogens with one attached hydrogen (secondary N) is 1. The normalized spacial score (nSPS) is 16.4. The van der Waals surface area contributed by atoms with Crippen LogP contribution in [0.4, 0.5) is 0 Å². The summed E-state index contributed by atoms with van der Waals surface area (Å²) in [5.74, 6) is 0.411. The van der Waals surface area contributed by atoms with Gasteiger partial charge in [-0.25, -0.2) is 4.98 Å². The Morgan fingerprint density at radius 3 is 2.59 bits per heavy atom. The lowest BCUT2D eigenvalue weighted by Crippen LogP contribution is -2.34. The van der Waals surface area contributed by atoms with Gasteiger partial charge in [0, 0.05) is 17.5 Å². The van der Waals surface area contributed by atoms with Gasteiger partial charge >= 0.3 is 0 Å². The van der Waals surface area contributed by atoms with Gasteiger partial charge in [0.2, 0.25) is 5.91 Å². The zero-order valence-electron chi connectivity index (χ0n) is 16.8. The minimum atomic E-state index is -0.289. The predicted octanol–water partition coefficient (Wildman–Crippen LogP) is 4.44. The van der Waals surface area contributed by atoms with Crippen LogP contribution in [0.1, 0.15) is 62.9 Å². The Balaban J connectivity index is 1.99. The van der Waals surface area contributed by atoms with Crippen molar-refractivity contribution in [1.29, 1.82) is 0 Å². The number of thioether (sulfide) groups is 1. The highest BCUT2D eigenvalue weighted by Crippen LogP contribution is 2.35. The second kappa shape index (κ2) is 8.35. The summed E-state index contributed by atoms with van der Waals surface area (Å²) in [7, 11) is 0. The van der Waals surface area contributed by atoms with Gasteiger partial charge in [0.05, 0.1) is 10.6 Å². The van der Waals surface area contributed by atoms with Crippen LogP contribution in [0.15, 0.2) is 9.95 Å². The van der Waals surface area contributed by atoms with Gasteiger partial charge in [-0.05, 0) is 45.1 Å². The van der Waals surface area contributed by atoms with Crippen molar-refractivity contribution in [3.05, 3.63) is 20.8 Å². The van der Waals surface area contributed by atoms with Crippen LogP contribution in [-0.4, -0.2) is 27.3 Å². The van der Waals surface area contributed by atoms with Crippen LogP contribution < -0.4 is 10.9 Å². The number of amides is 1. The lowest BCUT2D eigenvalue weighted by Gasteiger charge is -2.20. The number of carbonyl (C=O) groups is 1. The van der Waals surface area contributed by atoms with Gasteiger partial charge in [-0.3, -0.25) is 14.2 Å². The molecule has 0 radical (unpaired) electrons. The molecule has 7 heteroatoms.